The van der Waals surface area contributed by atoms with Crippen molar-refractivity contribution in [3.05, 3.63) is 102 Å². The number of amides is 2. The molecule has 8 heteroatoms. The Morgan fingerprint density at radius 2 is 1.89 bits per heavy atom. The van der Waals surface area contributed by atoms with Gasteiger partial charge in [-0.05, 0) is 61.2 Å². The van der Waals surface area contributed by atoms with Gasteiger partial charge in [-0.2, -0.15) is 0 Å². The minimum atomic E-state index is -0.912. The molecule has 37 heavy (non-hydrogen) atoms. The number of pyridine rings is 2. The van der Waals surface area contributed by atoms with Gasteiger partial charge in [0.15, 0.2) is 0 Å². The van der Waals surface area contributed by atoms with Crippen molar-refractivity contribution < 1.29 is 19.5 Å². The summed E-state index contributed by atoms with van der Waals surface area (Å²) in [6.45, 7) is 2.69. The van der Waals surface area contributed by atoms with Crippen molar-refractivity contribution in [3.63, 3.8) is 0 Å². The summed E-state index contributed by atoms with van der Waals surface area (Å²) in [5.74, 6) is -0.648. The molecule has 8 nitrogen and oxygen atoms in total. The lowest BCUT2D eigenvalue weighted by molar-refractivity contribution is -0.135. The maximum Gasteiger partial charge on any atom is 0.247 e. The van der Waals surface area contributed by atoms with Gasteiger partial charge in [-0.1, -0.05) is 36.4 Å². The van der Waals surface area contributed by atoms with Crippen molar-refractivity contribution in [1.82, 2.24) is 20.8 Å². The van der Waals surface area contributed by atoms with Crippen molar-refractivity contribution in [1.29, 1.82) is 0 Å². The lowest BCUT2D eigenvalue weighted by atomic mass is 9.92. The van der Waals surface area contributed by atoms with Crippen LogP contribution in [-0.4, -0.2) is 27.0 Å². The molecule has 1 aliphatic rings. The fraction of sp³-hybridized carbons (Fsp3) is 0.241. The number of fused-ring (bicyclic) bond motifs is 1. The molecule has 5 rings (SSSR count). The zero-order valence-electron chi connectivity index (χ0n) is 20.5. The van der Waals surface area contributed by atoms with Crippen LogP contribution in [0, 0.1) is 18.3 Å². The van der Waals surface area contributed by atoms with Gasteiger partial charge < -0.3 is 10.1 Å². The maximum atomic E-state index is 13.2. The smallest absolute Gasteiger partial charge is 0.247 e. The number of rotatable bonds is 9. The zero-order chi connectivity index (χ0) is 25.8. The summed E-state index contributed by atoms with van der Waals surface area (Å²) in [5, 5.41) is 13.1. The van der Waals surface area contributed by atoms with Crippen LogP contribution in [-0.2, 0) is 29.2 Å². The lowest BCUT2D eigenvalue weighted by Gasteiger charge is -2.18. The fourth-order valence-electron chi connectivity index (χ4n) is 4.86. The summed E-state index contributed by atoms with van der Waals surface area (Å²) in [6, 6.07) is 21.3. The molecule has 2 amide bonds. The van der Waals surface area contributed by atoms with E-state index in [2.05, 4.69) is 15.3 Å². The molecule has 188 valence electrons. The number of carbonyl (C=O) groups excluding carboxylic acids is 2. The number of carbonyl (C=O) groups is 2. The van der Waals surface area contributed by atoms with Gasteiger partial charge in [-0.25, -0.2) is 5.48 Å². The molecule has 2 atom stereocenters. The Kier molecular flexibility index (Phi) is 6.83. The number of aryl methyl sites for hydroxylation is 1. The van der Waals surface area contributed by atoms with E-state index in [1.54, 1.807) is 23.9 Å². The Bertz CT molecular complexity index is 1430. The second-order valence-electron chi connectivity index (χ2n) is 9.48. The number of hydroxylamine groups is 1. The lowest BCUT2D eigenvalue weighted by Crippen LogP contribution is -2.37. The third-order valence-corrected chi connectivity index (χ3v) is 6.90. The molecule has 3 N–H and O–H groups in total. The van der Waals surface area contributed by atoms with Gasteiger partial charge in [-0.3, -0.25) is 24.8 Å². The summed E-state index contributed by atoms with van der Waals surface area (Å²) < 4.78 is 6.06. The Morgan fingerprint density at radius 1 is 1.08 bits per heavy atom. The first-order valence-corrected chi connectivity index (χ1v) is 12.2. The van der Waals surface area contributed by atoms with E-state index in [-0.39, 0.29) is 5.91 Å². The van der Waals surface area contributed by atoms with Crippen molar-refractivity contribution >= 4 is 22.7 Å². The third-order valence-electron chi connectivity index (χ3n) is 6.90. The molecule has 1 aliphatic carbocycles. The zero-order valence-corrected chi connectivity index (χ0v) is 20.5. The molecule has 4 aromatic rings. The van der Waals surface area contributed by atoms with E-state index < -0.39 is 17.2 Å². The first-order valence-electron chi connectivity index (χ1n) is 12.2. The summed E-state index contributed by atoms with van der Waals surface area (Å²) in [7, 11) is 0. The molecule has 0 radical (unpaired) electrons. The first-order chi connectivity index (χ1) is 18.0. The normalized spacial score (nSPS) is 18.3. The molecule has 2 aromatic carbocycles. The predicted octanol–water partition coefficient (Wildman–Crippen LogP) is 3.89. The van der Waals surface area contributed by atoms with Crippen LogP contribution in [0.2, 0.25) is 0 Å². The monoisotopic (exact) mass is 496 g/mol. The van der Waals surface area contributed by atoms with E-state index in [0.29, 0.717) is 31.7 Å². The molecular formula is C29H28N4O4. The second kappa shape index (κ2) is 10.4. The van der Waals surface area contributed by atoms with Gasteiger partial charge >= 0.3 is 0 Å². The largest absolute Gasteiger partial charge is 0.489 e. The standard InChI is InChI=1S/C29H28N4O4/c1-19-13-22(24-6-2-3-7-26(24)32-19)18-37-23-10-8-20(9-11-23)14-29(15-25(29)27(34)33-36)28(35)31-17-21-5-4-12-30-16-21/h2-13,16,25,36H,14-15,17-18H2,1H3,(H,31,35)(H,33,34). The third kappa shape index (κ3) is 5.29. The highest BCUT2D eigenvalue weighted by atomic mass is 16.5. The SMILES string of the molecule is Cc1cc(COc2ccc(CC3(C(=O)NCc4cccnc4)CC3C(=O)NO)cc2)c2ccccc2n1. The highest BCUT2D eigenvalue weighted by Crippen LogP contribution is 2.55. The van der Waals surface area contributed by atoms with Crippen molar-refractivity contribution in [2.24, 2.45) is 11.3 Å². The number of ether oxygens (including phenoxy) is 1. The van der Waals surface area contributed by atoms with Crippen molar-refractivity contribution in [2.45, 2.75) is 32.9 Å². The molecular weight excluding hydrogens is 468 g/mol. The van der Waals surface area contributed by atoms with E-state index in [0.717, 1.165) is 33.3 Å². The van der Waals surface area contributed by atoms with Gasteiger partial charge in [0.05, 0.1) is 16.8 Å². The number of nitrogens with one attached hydrogen (secondary N) is 2. The highest BCUT2D eigenvalue weighted by Gasteiger charge is 2.63. The summed E-state index contributed by atoms with van der Waals surface area (Å²) >= 11 is 0. The Hall–Kier alpha value is -4.30. The Morgan fingerprint density at radius 3 is 2.65 bits per heavy atom. The average molecular weight is 497 g/mol. The second-order valence-corrected chi connectivity index (χ2v) is 9.48. The molecule has 1 saturated carbocycles. The molecule has 2 aromatic heterocycles. The molecule has 0 saturated heterocycles. The van der Waals surface area contributed by atoms with Gasteiger partial charge in [0.1, 0.15) is 12.4 Å². The van der Waals surface area contributed by atoms with Gasteiger partial charge in [0.25, 0.3) is 0 Å². The van der Waals surface area contributed by atoms with Crippen LogP contribution in [0.25, 0.3) is 10.9 Å². The van der Waals surface area contributed by atoms with Crippen LogP contribution in [0.15, 0.2) is 79.1 Å². The Balaban J connectivity index is 1.26. The van der Waals surface area contributed by atoms with E-state index in [1.165, 1.54) is 0 Å². The fourth-order valence-corrected chi connectivity index (χ4v) is 4.86. The topological polar surface area (TPSA) is 113 Å². The summed E-state index contributed by atoms with van der Waals surface area (Å²) in [4.78, 5) is 34.0. The van der Waals surface area contributed by atoms with Crippen LogP contribution < -0.4 is 15.5 Å². The Labute approximate surface area is 214 Å². The van der Waals surface area contributed by atoms with E-state index in [9.17, 15) is 9.59 Å². The van der Waals surface area contributed by atoms with Crippen LogP contribution in [0.4, 0.5) is 0 Å². The van der Waals surface area contributed by atoms with Gasteiger partial charge in [-0.15, -0.1) is 0 Å². The van der Waals surface area contributed by atoms with Gasteiger partial charge in [0.2, 0.25) is 11.8 Å². The molecule has 1 fully saturated rings. The van der Waals surface area contributed by atoms with Gasteiger partial charge in [0, 0.05) is 35.6 Å². The first kappa shape index (κ1) is 24.4. The molecule has 0 aliphatic heterocycles. The average Bonchev–Trinajstić information content (AvgIpc) is 3.66. The van der Waals surface area contributed by atoms with Crippen LogP contribution in [0.5, 0.6) is 5.75 Å². The number of nitrogens with zero attached hydrogens (tertiary/aromatic N) is 2. The molecule has 0 bridgehead atoms. The number of benzene rings is 2. The van der Waals surface area contributed by atoms with Crippen LogP contribution in [0.3, 0.4) is 0 Å². The van der Waals surface area contributed by atoms with Crippen LogP contribution >= 0.6 is 0 Å². The van der Waals surface area contributed by atoms with E-state index in [1.807, 2.05) is 67.6 Å². The van der Waals surface area contributed by atoms with Crippen molar-refractivity contribution in [2.75, 3.05) is 0 Å². The number of para-hydroxylation sites is 1. The quantitative estimate of drug-likeness (QED) is 0.239. The maximum absolute atomic E-state index is 13.2. The highest BCUT2D eigenvalue weighted by molar-refractivity contribution is 5.95. The van der Waals surface area contributed by atoms with E-state index >= 15 is 0 Å². The molecule has 2 heterocycles. The van der Waals surface area contributed by atoms with Crippen molar-refractivity contribution in [3.8, 4) is 5.75 Å². The minimum absolute atomic E-state index is 0.217. The number of aromatic nitrogens is 2. The summed E-state index contributed by atoms with van der Waals surface area (Å²) in [5.41, 5.74) is 5.50. The molecule has 2 unspecified atom stereocenters. The number of hydrogen-bond donors (Lipinski definition) is 3. The predicted molar refractivity (Wildman–Crippen MR) is 138 cm³/mol. The van der Waals surface area contributed by atoms with E-state index in [4.69, 9.17) is 9.94 Å². The summed E-state index contributed by atoms with van der Waals surface area (Å²) in [6.07, 6.45) is 4.10. The number of hydrogen-bond acceptors (Lipinski definition) is 6. The van der Waals surface area contributed by atoms with Crippen LogP contribution in [0.1, 0.15) is 28.8 Å². The minimum Gasteiger partial charge on any atom is -0.489 e. The molecule has 0 spiro atoms.